The first kappa shape index (κ1) is 19.1. The maximum absolute atomic E-state index is 11.8. The van der Waals surface area contributed by atoms with Gasteiger partial charge in [0, 0.05) is 11.9 Å². The van der Waals surface area contributed by atoms with Gasteiger partial charge in [0.2, 0.25) is 5.91 Å². The Labute approximate surface area is 134 Å². The molecule has 23 heavy (non-hydrogen) atoms. The molecule has 0 aliphatic heterocycles. The molecule has 0 saturated heterocycles. The molecule has 0 spiro atoms. The average Bonchev–Trinajstić information content (AvgIpc) is 2.35. The van der Waals surface area contributed by atoms with Crippen LogP contribution in [0.4, 0.5) is 5.69 Å². The van der Waals surface area contributed by atoms with Crippen LogP contribution in [0, 0.1) is 0 Å². The molecule has 8 nitrogen and oxygen atoms in total. The van der Waals surface area contributed by atoms with Crippen LogP contribution in [-0.4, -0.2) is 51.6 Å². The van der Waals surface area contributed by atoms with Gasteiger partial charge >= 0.3 is 5.97 Å². The zero-order valence-electron chi connectivity index (χ0n) is 12.6. The SMILES string of the molecule is CCCS(=O)(=O)CC(=O)Nc1cc(C(=O)O)cc(S(C)(=O)=O)c1. The first-order valence-corrected chi connectivity index (χ1v) is 10.2. The summed E-state index contributed by atoms with van der Waals surface area (Å²) in [5.74, 6) is -3.14. The molecule has 2 N–H and O–H groups in total. The van der Waals surface area contributed by atoms with E-state index in [1.807, 2.05) is 0 Å². The molecule has 0 heterocycles. The molecular formula is C13H17NO7S2. The van der Waals surface area contributed by atoms with E-state index in [4.69, 9.17) is 5.11 Å². The molecule has 0 radical (unpaired) electrons. The van der Waals surface area contributed by atoms with Crippen LogP contribution in [0.25, 0.3) is 0 Å². The predicted octanol–water partition coefficient (Wildman–Crippen LogP) is 0.552. The highest BCUT2D eigenvalue weighted by atomic mass is 32.2. The Bertz CT molecular complexity index is 826. The number of hydrogen-bond donors (Lipinski definition) is 2. The number of carboxylic acids is 1. The number of carboxylic acid groups (broad SMARTS) is 1. The molecule has 0 atom stereocenters. The van der Waals surface area contributed by atoms with Crippen molar-refractivity contribution in [3.8, 4) is 0 Å². The Kier molecular flexibility index (Phi) is 5.89. The summed E-state index contributed by atoms with van der Waals surface area (Å²) in [6.07, 6.45) is 1.26. The van der Waals surface area contributed by atoms with Crippen LogP contribution in [0.3, 0.4) is 0 Å². The van der Waals surface area contributed by atoms with Gasteiger partial charge in [0.1, 0.15) is 5.75 Å². The predicted molar refractivity (Wildman–Crippen MR) is 84.1 cm³/mol. The zero-order chi connectivity index (χ0) is 17.8. The first-order chi connectivity index (χ1) is 10.4. The molecule has 10 heteroatoms. The number of anilines is 1. The maximum atomic E-state index is 11.8. The lowest BCUT2D eigenvalue weighted by Gasteiger charge is -2.09. The van der Waals surface area contributed by atoms with Gasteiger partial charge in [-0.05, 0) is 24.6 Å². The summed E-state index contributed by atoms with van der Waals surface area (Å²) < 4.78 is 46.3. The van der Waals surface area contributed by atoms with Crippen molar-refractivity contribution in [1.82, 2.24) is 0 Å². The largest absolute Gasteiger partial charge is 0.478 e. The smallest absolute Gasteiger partial charge is 0.335 e. The highest BCUT2D eigenvalue weighted by Gasteiger charge is 2.18. The second-order valence-electron chi connectivity index (χ2n) is 4.96. The Morgan fingerprint density at radius 2 is 1.74 bits per heavy atom. The van der Waals surface area contributed by atoms with Gasteiger partial charge in [-0.2, -0.15) is 0 Å². The highest BCUT2D eigenvalue weighted by molar-refractivity contribution is 7.92. The summed E-state index contributed by atoms with van der Waals surface area (Å²) in [5, 5.41) is 11.2. The maximum Gasteiger partial charge on any atom is 0.335 e. The summed E-state index contributed by atoms with van der Waals surface area (Å²) >= 11 is 0. The first-order valence-electron chi connectivity index (χ1n) is 6.53. The van der Waals surface area contributed by atoms with E-state index in [-0.39, 0.29) is 21.9 Å². The van der Waals surface area contributed by atoms with E-state index in [9.17, 15) is 26.4 Å². The van der Waals surface area contributed by atoms with Crippen molar-refractivity contribution >= 4 is 37.2 Å². The molecule has 0 unspecified atom stereocenters. The molecule has 0 aliphatic rings. The summed E-state index contributed by atoms with van der Waals surface area (Å²) in [6.45, 7) is 1.66. The normalized spacial score (nSPS) is 11.9. The lowest BCUT2D eigenvalue weighted by molar-refractivity contribution is -0.113. The zero-order valence-corrected chi connectivity index (χ0v) is 14.2. The number of sulfone groups is 2. The van der Waals surface area contributed by atoms with Crippen LogP contribution in [-0.2, 0) is 24.5 Å². The van der Waals surface area contributed by atoms with E-state index in [0.717, 1.165) is 24.5 Å². The average molecular weight is 363 g/mol. The van der Waals surface area contributed by atoms with Crippen LogP contribution in [0.5, 0.6) is 0 Å². The molecular weight excluding hydrogens is 346 g/mol. The fraction of sp³-hybridized carbons (Fsp3) is 0.385. The van der Waals surface area contributed by atoms with Gasteiger partial charge in [0.15, 0.2) is 19.7 Å². The quantitative estimate of drug-likeness (QED) is 0.722. The van der Waals surface area contributed by atoms with Gasteiger partial charge in [-0.3, -0.25) is 4.79 Å². The summed E-state index contributed by atoms with van der Waals surface area (Å²) in [4.78, 5) is 22.5. The van der Waals surface area contributed by atoms with Crippen LogP contribution in [0.2, 0.25) is 0 Å². The Morgan fingerprint density at radius 1 is 1.13 bits per heavy atom. The van der Waals surface area contributed by atoms with Gasteiger partial charge in [-0.25, -0.2) is 21.6 Å². The molecule has 0 fully saturated rings. The van der Waals surface area contributed by atoms with E-state index in [0.29, 0.717) is 6.42 Å². The summed E-state index contributed by atoms with van der Waals surface area (Å²) in [7, 11) is -7.26. The van der Waals surface area contributed by atoms with Crippen LogP contribution < -0.4 is 5.32 Å². The number of amides is 1. The number of carbonyl (C=O) groups excluding carboxylic acids is 1. The Balaban J connectivity index is 3.11. The van der Waals surface area contributed by atoms with Crippen LogP contribution in [0.15, 0.2) is 23.1 Å². The number of nitrogens with one attached hydrogen (secondary N) is 1. The molecule has 1 aromatic rings. The minimum absolute atomic E-state index is 0.0953. The van der Waals surface area contributed by atoms with Crippen molar-refractivity contribution in [1.29, 1.82) is 0 Å². The number of carbonyl (C=O) groups is 2. The van der Waals surface area contributed by atoms with Gasteiger partial charge < -0.3 is 10.4 Å². The monoisotopic (exact) mass is 363 g/mol. The number of benzene rings is 1. The van der Waals surface area contributed by atoms with Gasteiger partial charge in [0.05, 0.1) is 16.2 Å². The summed E-state index contributed by atoms with van der Waals surface area (Å²) in [6, 6.07) is 3.09. The van der Waals surface area contributed by atoms with E-state index in [2.05, 4.69) is 5.32 Å². The van der Waals surface area contributed by atoms with E-state index >= 15 is 0 Å². The second-order valence-corrected chi connectivity index (χ2v) is 9.16. The lowest BCUT2D eigenvalue weighted by Crippen LogP contribution is -2.24. The third-order valence-corrected chi connectivity index (χ3v) is 5.56. The molecule has 1 rings (SSSR count). The van der Waals surface area contributed by atoms with Crippen molar-refractivity contribution < 1.29 is 31.5 Å². The molecule has 0 saturated carbocycles. The molecule has 128 valence electrons. The third kappa shape index (κ3) is 5.99. The number of rotatable bonds is 7. The molecule has 1 aromatic carbocycles. The Morgan fingerprint density at radius 3 is 2.22 bits per heavy atom. The van der Waals surface area contributed by atoms with Gasteiger partial charge in [0.25, 0.3) is 0 Å². The summed E-state index contributed by atoms with van der Waals surface area (Å²) in [5.41, 5.74) is -0.429. The minimum Gasteiger partial charge on any atom is -0.478 e. The van der Waals surface area contributed by atoms with E-state index < -0.39 is 37.3 Å². The molecule has 1 amide bonds. The molecule has 0 bridgehead atoms. The van der Waals surface area contributed by atoms with Crippen molar-refractivity contribution in [2.45, 2.75) is 18.2 Å². The van der Waals surface area contributed by atoms with Gasteiger partial charge in [-0.1, -0.05) is 6.92 Å². The lowest BCUT2D eigenvalue weighted by atomic mass is 10.2. The van der Waals surface area contributed by atoms with Crippen LogP contribution in [0.1, 0.15) is 23.7 Å². The minimum atomic E-state index is -3.69. The van der Waals surface area contributed by atoms with Crippen molar-refractivity contribution in [3.05, 3.63) is 23.8 Å². The highest BCUT2D eigenvalue weighted by Crippen LogP contribution is 2.19. The molecule has 0 aromatic heterocycles. The van der Waals surface area contributed by atoms with Crippen molar-refractivity contribution in [2.75, 3.05) is 23.1 Å². The third-order valence-electron chi connectivity index (χ3n) is 2.73. The van der Waals surface area contributed by atoms with Crippen LogP contribution >= 0.6 is 0 Å². The number of aromatic carboxylic acids is 1. The van der Waals surface area contributed by atoms with Crippen molar-refractivity contribution in [3.63, 3.8) is 0 Å². The van der Waals surface area contributed by atoms with E-state index in [1.54, 1.807) is 6.92 Å². The fourth-order valence-corrected chi connectivity index (χ4v) is 3.71. The second kappa shape index (κ2) is 7.09. The topological polar surface area (TPSA) is 135 Å². The van der Waals surface area contributed by atoms with Gasteiger partial charge in [-0.15, -0.1) is 0 Å². The Hall–Kier alpha value is -1.94. The molecule has 0 aliphatic carbocycles. The van der Waals surface area contributed by atoms with E-state index in [1.165, 1.54) is 0 Å². The van der Waals surface area contributed by atoms with Crippen molar-refractivity contribution in [2.24, 2.45) is 0 Å². The fourth-order valence-electron chi connectivity index (χ4n) is 1.79. The number of hydrogen-bond acceptors (Lipinski definition) is 6. The standard InChI is InChI=1S/C13H17NO7S2/c1-3-4-23(20,21)8-12(15)14-10-5-9(13(16)17)6-11(7-10)22(2,18)19/h5-7H,3-4,8H2,1-2H3,(H,14,15)(H,16,17).